The lowest BCUT2D eigenvalue weighted by atomic mass is 10.1. The lowest BCUT2D eigenvalue weighted by Crippen LogP contribution is -2.50. The van der Waals surface area contributed by atoms with Gasteiger partial charge in [-0.1, -0.05) is 30.3 Å². The summed E-state index contributed by atoms with van der Waals surface area (Å²) in [7, 11) is 1.27. The summed E-state index contributed by atoms with van der Waals surface area (Å²) in [4.78, 5) is 27.9. The van der Waals surface area contributed by atoms with Gasteiger partial charge in [0.2, 0.25) is 5.88 Å². The number of rotatable bonds is 6. The molecule has 0 radical (unpaired) electrons. The monoisotopic (exact) mass is 328 g/mol. The minimum atomic E-state index is -1.12. The van der Waals surface area contributed by atoms with Crippen molar-refractivity contribution in [2.24, 2.45) is 0 Å². The summed E-state index contributed by atoms with van der Waals surface area (Å²) in [5, 5.41) is 2.61. The lowest BCUT2D eigenvalue weighted by Gasteiger charge is -2.22. The fourth-order valence-corrected chi connectivity index (χ4v) is 1.99. The molecule has 6 heteroatoms. The molecule has 2 rings (SSSR count). The van der Waals surface area contributed by atoms with Gasteiger partial charge in [0.15, 0.2) is 0 Å². The average Bonchev–Trinajstić information content (AvgIpc) is 2.60. The third-order valence-electron chi connectivity index (χ3n) is 3.35. The fraction of sp³-hybridized carbons (Fsp3) is 0.278. The Morgan fingerprint density at radius 1 is 1.12 bits per heavy atom. The van der Waals surface area contributed by atoms with E-state index in [0.29, 0.717) is 18.1 Å². The first kappa shape index (κ1) is 17.5. The van der Waals surface area contributed by atoms with Crippen LogP contribution in [0.15, 0.2) is 48.7 Å². The maximum absolute atomic E-state index is 12.2. The zero-order valence-corrected chi connectivity index (χ0v) is 13.9. The number of esters is 1. The summed E-state index contributed by atoms with van der Waals surface area (Å²) in [5.41, 5.74) is 0.244. The largest absolute Gasteiger partial charge is 0.473 e. The molecule has 0 spiro atoms. The summed E-state index contributed by atoms with van der Waals surface area (Å²) in [6.07, 6.45) is 1.41. The zero-order chi connectivity index (χ0) is 17.6. The molecule has 126 valence electrons. The van der Waals surface area contributed by atoms with Gasteiger partial charge in [0.1, 0.15) is 12.1 Å². The molecular weight excluding hydrogens is 308 g/mol. The highest BCUT2D eigenvalue weighted by atomic mass is 16.5. The van der Waals surface area contributed by atoms with Crippen LogP contribution in [0.25, 0.3) is 0 Å². The molecule has 1 heterocycles. The Morgan fingerprint density at radius 2 is 1.83 bits per heavy atom. The molecule has 0 saturated carbocycles. The summed E-state index contributed by atoms with van der Waals surface area (Å²) in [6, 6.07) is 12.9. The second-order valence-corrected chi connectivity index (χ2v) is 5.73. The number of amides is 1. The molecule has 0 atom stereocenters. The predicted octanol–water partition coefficient (Wildman–Crippen LogP) is 2.34. The van der Waals surface area contributed by atoms with Gasteiger partial charge >= 0.3 is 5.97 Å². The second-order valence-electron chi connectivity index (χ2n) is 5.73. The van der Waals surface area contributed by atoms with E-state index < -0.39 is 17.4 Å². The topological polar surface area (TPSA) is 77.5 Å². The number of pyridine rings is 1. The maximum atomic E-state index is 12.2. The van der Waals surface area contributed by atoms with Crippen LogP contribution >= 0.6 is 0 Å². The van der Waals surface area contributed by atoms with E-state index in [1.807, 2.05) is 30.3 Å². The summed E-state index contributed by atoms with van der Waals surface area (Å²) in [6.45, 7) is 3.54. The summed E-state index contributed by atoms with van der Waals surface area (Å²) < 4.78 is 10.2. The molecule has 0 unspecified atom stereocenters. The van der Waals surface area contributed by atoms with Gasteiger partial charge in [-0.2, -0.15) is 0 Å². The zero-order valence-electron chi connectivity index (χ0n) is 13.9. The molecule has 2 aromatic rings. The number of carbonyl (C=O) groups excluding carboxylic acids is 2. The average molecular weight is 328 g/mol. The normalized spacial score (nSPS) is 10.8. The van der Waals surface area contributed by atoms with E-state index >= 15 is 0 Å². The van der Waals surface area contributed by atoms with Crippen LogP contribution in [0.1, 0.15) is 29.8 Å². The van der Waals surface area contributed by atoms with Gasteiger partial charge in [0.05, 0.1) is 12.7 Å². The minimum Gasteiger partial charge on any atom is -0.473 e. The Bertz CT molecular complexity index is 697. The Hall–Kier alpha value is -2.89. The van der Waals surface area contributed by atoms with Gasteiger partial charge in [0, 0.05) is 12.3 Å². The van der Waals surface area contributed by atoms with Crippen molar-refractivity contribution >= 4 is 11.9 Å². The summed E-state index contributed by atoms with van der Waals surface area (Å²) in [5.74, 6) is -0.512. The molecular formula is C18H20N2O4. The van der Waals surface area contributed by atoms with Crippen LogP contribution in [-0.2, 0) is 16.1 Å². The van der Waals surface area contributed by atoms with Gasteiger partial charge < -0.3 is 14.8 Å². The maximum Gasteiger partial charge on any atom is 0.330 e. The lowest BCUT2D eigenvalue weighted by molar-refractivity contribution is -0.146. The van der Waals surface area contributed by atoms with Gasteiger partial charge in [-0.15, -0.1) is 0 Å². The van der Waals surface area contributed by atoms with E-state index in [0.717, 1.165) is 5.56 Å². The van der Waals surface area contributed by atoms with E-state index in [9.17, 15) is 9.59 Å². The molecule has 1 N–H and O–H groups in total. The van der Waals surface area contributed by atoms with Crippen molar-refractivity contribution in [1.29, 1.82) is 0 Å². The number of ether oxygens (including phenoxy) is 2. The van der Waals surface area contributed by atoms with Crippen LogP contribution < -0.4 is 10.1 Å². The first-order chi connectivity index (χ1) is 11.4. The quantitative estimate of drug-likeness (QED) is 0.824. The standard InChI is InChI=1S/C18H20N2O4/c1-18(2,17(22)23-3)20-16(21)14-9-10-15(19-11-14)24-12-13-7-5-4-6-8-13/h4-11H,12H2,1-3H3,(H,20,21). The highest BCUT2D eigenvalue weighted by molar-refractivity contribution is 5.97. The van der Waals surface area contributed by atoms with E-state index in [4.69, 9.17) is 4.74 Å². The molecule has 0 fully saturated rings. The van der Waals surface area contributed by atoms with Gasteiger partial charge in [-0.3, -0.25) is 4.79 Å². The van der Waals surface area contributed by atoms with Crippen LogP contribution in [0.3, 0.4) is 0 Å². The molecule has 0 aliphatic carbocycles. The van der Waals surface area contributed by atoms with Crippen molar-refractivity contribution in [1.82, 2.24) is 10.3 Å². The third-order valence-corrected chi connectivity index (χ3v) is 3.35. The van der Waals surface area contributed by atoms with Crippen LogP contribution in [0.5, 0.6) is 5.88 Å². The number of hydrogen-bond donors (Lipinski definition) is 1. The molecule has 1 amide bonds. The van der Waals surface area contributed by atoms with Crippen molar-refractivity contribution in [3.05, 3.63) is 59.8 Å². The highest BCUT2D eigenvalue weighted by Crippen LogP contribution is 2.12. The fourth-order valence-electron chi connectivity index (χ4n) is 1.99. The van der Waals surface area contributed by atoms with Crippen LogP contribution in [0.2, 0.25) is 0 Å². The minimum absolute atomic E-state index is 0.332. The van der Waals surface area contributed by atoms with E-state index in [1.54, 1.807) is 26.0 Å². The van der Waals surface area contributed by atoms with Crippen molar-refractivity contribution in [3.8, 4) is 5.88 Å². The first-order valence-electron chi connectivity index (χ1n) is 7.46. The molecule has 1 aromatic heterocycles. The van der Waals surface area contributed by atoms with Crippen LogP contribution in [0.4, 0.5) is 0 Å². The molecule has 24 heavy (non-hydrogen) atoms. The van der Waals surface area contributed by atoms with E-state index in [1.165, 1.54) is 13.3 Å². The Labute approximate surface area is 140 Å². The SMILES string of the molecule is COC(=O)C(C)(C)NC(=O)c1ccc(OCc2ccccc2)nc1. The highest BCUT2D eigenvalue weighted by Gasteiger charge is 2.30. The molecule has 0 saturated heterocycles. The molecule has 0 bridgehead atoms. The van der Waals surface area contributed by atoms with Crippen molar-refractivity contribution in [3.63, 3.8) is 0 Å². The Kier molecular flexibility index (Phi) is 5.52. The number of benzene rings is 1. The Morgan fingerprint density at radius 3 is 2.42 bits per heavy atom. The molecule has 6 nitrogen and oxygen atoms in total. The number of hydrogen-bond acceptors (Lipinski definition) is 5. The first-order valence-corrected chi connectivity index (χ1v) is 7.46. The number of carbonyl (C=O) groups is 2. The molecule has 0 aliphatic heterocycles. The van der Waals surface area contributed by atoms with Crippen molar-refractivity contribution < 1.29 is 19.1 Å². The number of nitrogens with zero attached hydrogens (tertiary/aromatic N) is 1. The molecule has 0 aliphatic rings. The van der Waals surface area contributed by atoms with Crippen molar-refractivity contribution in [2.75, 3.05) is 7.11 Å². The van der Waals surface area contributed by atoms with Crippen molar-refractivity contribution in [2.45, 2.75) is 26.0 Å². The Balaban J connectivity index is 1.96. The third kappa shape index (κ3) is 4.55. The smallest absolute Gasteiger partial charge is 0.330 e. The van der Waals surface area contributed by atoms with Gasteiger partial charge in [-0.05, 0) is 25.5 Å². The number of methoxy groups -OCH3 is 1. The molecule has 1 aromatic carbocycles. The predicted molar refractivity (Wildman–Crippen MR) is 88.6 cm³/mol. The van der Waals surface area contributed by atoms with E-state index in [-0.39, 0.29) is 0 Å². The van der Waals surface area contributed by atoms with E-state index in [2.05, 4.69) is 15.0 Å². The van der Waals surface area contributed by atoms with Gasteiger partial charge in [-0.25, -0.2) is 9.78 Å². The van der Waals surface area contributed by atoms with Gasteiger partial charge in [0.25, 0.3) is 5.91 Å². The number of aromatic nitrogens is 1. The summed E-state index contributed by atoms with van der Waals surface area (Å²) >= 11 is 0. The number of nitrogens with one attached hydrogen (secondary N) is 1. The second kappa shape index (κ2) is 7.59. The van der Waals surface area contributed by atoms with Crippen LogP contribution in [-0.4, -0.2) is 29.5 Å². The van der Waals surface area contributed by atoms with Crippen LogP contribution in [0, 0.1) is 0 Å².